The first-order valence-electron chi connectivity index (χ1n) is 14.4. The van der Waals surface area contributed by atoms with Gasteiger partial charge in [-0.1, -0.05) is 35.3 Å². The molecule has 2 fully saturated rings. The third-order valence-corrected chi connectivity index (χ3v) is 9.72. The largest absolute Gasteiger partial charge is 0.391 e. The first-order valence-corrected chi connectivity index (χ1v) is 15.1. The number of rotatable bonds is 5. The Morgan fingerprint density at radius 3 is 2.33 bits per heavy atom. The molecule has 42 heavy (non-hydrogen) atoms. The number of amides is 2. The summed E-state index contributed by atoms with van der Waals surface area (Å²) >= 11 is 13.4. The van der Waals surface area contributed by atoms with Crippen LogP contribution in [0.5, 0.6) is 0 Å². The monoisotopic (exact) mass is 618 g/mol. The van der Waals surface area contributed by atoms with Crippen LogP contribution < -0.4 is 0 Å². The fourth-order valence-corrected chi connectivity index (χ4v) is 7.27. The van der Waals surface area contributed by atoms with E-state index in [1.54, 1.807) is 24.3 Å². The lowest BCUT2D eigenvalue weighted by Crippen LogP contribution is -2.42. The van der Waals surface area contributed by atoms with Gasteiger partial charge in [0.05, 0.1) is 18.2 Å². The molecule has 0 spiro atoms. The molecule has 11 heteroatoms. The maximum atomic E-state index is 13.4. The molecule has 0 radical (unpaired) electrons. The highest BCUT2D eigenvalue weighted by Crippen LogP contribution is 2.40. The number of aromatic amines is 1. The van der Waals surface area contributed by atoms with E-state index in [0.717, 1.165) is 53.6 Å². The first kappa shape index (κ1) is 29.1. The molecule has 2 amide bonds. The minimum atomic E-state index is -4.22. The molecule has 222 valence electrons. The molecular formula is C31H31Cl2F3N4O2. The molecule has 2 saturated heterocycles. The van der Waals surface area contributed by atoms with E-state index in [2.05, 4.69) is 10.2 Å². The number of piperidine rings is 1. The maximum Gasteiger partial charge on any atom is 0.391 e. The van der Waals surface area contributed by atoms with Gasteiger partial charge in [0, 0.05) is 52.4 Å². The molecule has 6 nitrogen and oxygen atoms in total. The first-order chi connectivity index (χ1) is 20.1. The van der Waals surface area contributed by atoms with Crippen molar-refractivity contribution in [2.75, 3.05) is 19.6 Å². The Morgan fingerprint density at radius 2 is 1.67 bits per heavy atom. The normalized spacial score (nSPS) is 21.6. The lowest BCUT2D eigenvalue weighted by Gasteiger charge is -2.33. The number of halogens is 5. The second-order valence-corrected chi connectivity index (χ2v) is 12.4. The van der Waals surface area contributed by atoms with Gasteiger partial charge in [-0.05, 0) is 85.9 Å². The number of fused-ring (bicyclic) bond motifs is 1. The maximum absolute atomic E-state index is 13.4. The van der Waals surface area contributed by atoms with Crippen molar-refractivity contribution >= 4 is 35.0 Å². The van der Waals surface area contributed by atoms with Crippen LogP contribution in [0.1, 0.15) is 65.3 Å². The number of benzene rings is 2. The van der Waals surface area contributed by atoms with E-state index in [1.807, 2.05) is 23.2 Å². The summed E-state index contributed by atoms with van der Waals surface area (Å²) in [5, 5.41) is 8.21. The number of carbonyl (C=O) groups is 2. The number of H-pyrrole nitrogens is 1. The van der Waals surface area contributed by atoms with Gasteiger partial charge in [0.25, 0.3) is 5.91 Å². The van der Waals surface area contributed by atoms with E-state index in [9.17, 15) is 22.8 Å². The molecule has 1 aliphatic carbocycles. The smallest absolute Gasteiger partial charge is 0.339 e. The Hall–Kier alpha value is -3.04. The Labute approximate surface area is 252 Å². The summed E-state index contributed by atoms with van der Waals surface area (Å²) in [6, 6.07) is 10.6. The van der Waals surface area contributed by atoms with Crippen LogP contribution in [0.3, 0.4) is 0 Å². The van der Waals surface area contributed by atoms with Gasteiger partial charge < -0.3 is 9.80 Å². The predicted molar refractivity (Wildman–Crippen MR) is 154 cm³/mol. The molecule has 1 N–H and O–H groups in total. The molecule has 2 aromatic carbocycles. The topological polar surface area (TPSA) is 69.3 Å². The summed E-state index contributed by atoms with van der Waals surface area (Å²) in [6.45, 7) is 0.866. The number of alkyl halides is 3. The number of hydrogen-bond acceptors (Lipinski definition) is 3. The fraction of sp³-hybridized carbons (Fsp3) is 0.452. The van der Waals surface area contributed by atoms with Crippen molar-refractivity contribution < 1.29 is 22.8 Å². The second kappa shape index (κ2) is 11.6. The van der Waals surface area contributed by atoms with E-state index in [-0.39, 0.29) is 49.7 Å². The van der Waals surface area contributed by atoms with Crippen molar-refractivity contribution in [3.8, 4) is 11.1 Å². The third kappa shape index (κ3) is 5.65. The molecule has 0 bridgehead atoms. The Morgan fingerprint density at radius 1 is 0.976 bits per heavy atom. The minimum Gasteiger partial charge on any atom is -0.339 e. The van der Waals surface area contributed by atoms with E-state index in [4.69, 9.17) is 23.2 Å². The molecule has 0 saturated carbocycles. The highest BCUT2D eigenvalue weighted by molar-refractivity contribution is 6.36. The van der Waals surface area contributed by atoms with Gasteiger partial charge in [-0.15, -0.1) is 0 Å². The minimum absolute atomic E-state index is 0.0555. The van der Waals surface area contributed by atoms with Crippen molar-refractivity contribution in [3.05, 3.63) is 75.0 Å². The third-order valence-electron chi connectivity index (χ3n) is 9.04. The van der Waals surface area contributed by atoms with Crippen LogP contribution >= 0.6 is 23.2 Å². The molecule has 3 heterocycles. The summed E-state index contributed by atoms with van der Waals surface area (Å²) in [6.07, 6.45) is 1.57. The number of likely N-dealkylation sites (tertiary alicyclic amines) is 2. The van der Waals surface area contributed by atoms with Crippen LogP contribution in [0, 0.1) is 11.8 Å². The quantitative estimate of drug-likeness (QED) is 0.327. The average molecular weight is 620 g/mol. The summed E-state index contributed by atoms with van der Waals surface area (Å²) in [5.41, 5.74) is 4.97. The van der Waals surface area contributed by atoms with Crippen molar-refractivity contribution in [1.82, 2.24) is 20.0 Å². The zero-order valence-electron chi connectivity index (χ0n) is 22.9. The highest BCUT2D eigenvalue weighted by atomic mass is 35.5. The van der Waals surface area contributed by atoms with Gasteiger partial charge in [0.2, 0.25) is 5.91 Å². The van der Waals surface area contributed by atoms with Crippen LogP contribution in [0.15, 0.2) is 42.6 Å². The number of aromatic nitrogens is 2. The predicted octanol–water partition coefficient (Wildman–Crippen LogP) is 7.27. The summed E-state index contributed by atoms with van der Waals surface area (Å²) in [4.78, 5) is 29.8. The van der Waals surface area contributed by atoms with Crippen LogP contribution in [0.2, 0.25) is 10.0 Å². The van der Waals surface area contributed by atoms with E-state index in [0.29, 0.717) is 28.6 Å². The molecule has 2 aliphatic heterocycles. The second-order valence-electron chi connectivity index (χ2n) is 11.5. The number of hydrogen-bond donors (Lipinski definition) is 1. The van der Waals surface area contributed by atoms with Crippen LogP contribution in [0.4, 0.5) is 13.2 Å². The van der Waals surface area contributed by atoms with Gasteiger partial charge in [-0.2, -0.15) is 18.3 Å². The molecule has 2 atom stereocenters. The average Bonchev–Trinajstić information content (AvgIpc) is 3.60. The van der Waals surface area contributed by atoms with Crippen molar-refractivity contribution in [1.29, 1.82) is 0 Å². The summed E-state index contributed by atoms with van der Waals surface area (Å²) in [7, 11) is 0. The fourth-order valence-electron chi connectivity index (χ4n) is 6.63. The van der Waals surface area contributed by atoms with Gasteiger partial charge in [0.1, 0.15) is 0 Å². The van der Waals surface area contributed by atoms with Gasteiger partial charge >= 0.3 is 6.18 Å². The Balaban J connectivity index is 1.11. The molecule has 3 aliphatic rings. The highest BCUT2D eigenvalue weighted by Gasteiger charge is 2.42. The van der Waals surface area contributed by atoms with Crippen molar-refractivity contribution in [2.45, 2.75) is 57.2 Å². The molecule has 6 rings (SSSR count). The number of carbonyl (C=O) groups excluding carboxylic acids is 2. The summed E-state index contributed by atoms with van der Waals surface area (Å²) < 4.78 is 38.9. The zero-order chi connectivity index (χ0) is 29.6. The van der Waals surface area contributed by atoms with Crippen LogP contribution in [0.25, 0.3) is 11.1 Å². The molecule has 3 aromatic rings. The van der Waals surface area contributed by atoms with Crippen LogP contribution in [-0.2, 0) is 17.6 Å². The Bertz CT molecular complexity index is 1460. The molecule has 2 unspecified atom stereocenters. The van der Waals surface area contributed by atoms with Crippen LogP contribution in [-0.4, -0.2) is 57.6 Å². The van der Waals surface area contributed by atoms with Gasteiger partial charge in [-0.25, -0.2) is 0 Å². The van der Waals surface area contributed by atoms with Gasteiger partial charge in [-0.3, -0.25) is 14.7 Å². The lowest BCUT2D eigenvalue weighted by atomic mass is 9.91. The van der Waals surface area contributed by atoms with E-state index < -0.39 is 12.1 Å². The molecular weight excluding hydrogens is 588 g/mol. The SMILES string of the molecule is O=C(c1ccc(-c2cc(Cl)c(CC3CCN(C4CCCc5[nH]ncc54)C3=O)c(Cl)c2)cc1)N1CCC(C(F)(F)F)CC1. The van der Waals surface area contributed by atoms with Crippen molar-refractivity contribution in [3.63, 3.8) is 0 Å². The van der Waals surface area contributed by atoms with Crippen molar-refractivity contribution in [2.24, 2.45) is 11.8 Å². The standard InChI is InChI=1S/C31H31Cl2F3N4O2/c32-25-15-21(18-4-6-19(7-5-18)29(41)39-11-9-22(10-12-39)31(34,35)36)16-26(33)23(25)14-20-8-13-40(30(20)42)28-3-1-2-27-24(28)17-37-38-27/h4-7,15-17,20,22,28H,1-3,8-14H2,(H,37,38). The Kier molecular flexibility index (Phi) is 8.00. The summed E-state index contributed by atoms with van der Waals surface area (Å²) in [5.74, 6) is -1.71. The number of nitrogens with one attached hydrogen (secondary N) is 1. The van der Waals surface area contributed by atoms with E-state index in [1.165, 1.54) is 4.90 Å². The zero-order valence-corrected chi connectivity index (χ0v) is 24.4. The van der Waals surface area contributed by atoms with Gasteiger partial charge in [0.15, 0.2) is 0 Å². The molecule has 1 aromatic heterocycles. The lowest BCUT2D eigenvalue weighted by molar-refractivity contribution is -0.183. The number of nitrogens with zero attached hydrogens (tertiary/aromatic N) is 3. The van der Waals surface area contributed by atoms with E-state index >= 15 is 0 Å². The number of aryl methyl sites for hydroxylation is 1.